The molecule has 1 heterocycles. The number of rotatable bonds is 6. The molecule has 0 saturated heterocycles. The van der Waals surface area contributed by atoms with Gasteiger partial charge in [0, 0.05) is 18.3 Å². The number of thioether (sulfide) groups is 1. The standard InChI is InChI=1S/C16H20N4OS/c1-11-10-14(17)20-16(19-11)22-12(2)15(21)18-9-8-13-6-4-3-5-7-13/h3-7,10,12H,8-9H2,1-2H3,(H,18,21)(H2,17,19,20)/t12-/m0/s1. The number of hydrogen-bond donors (Lipinski definition) is 2. The molecule has 116 valence electrons. The lowest BCUT2D eigenvalue weighted by Gasteiger charge is -2.11. The van der Waals surface area contributed by atoms with Crippen molar-refractivity contribution in [2.24, 2.45) is 0 Å². The summed E-state index contributed by atoms with van der Waals surface area (Å²) < 4.78 is 0. The largest absolute Gasteiger partial charge is 0.384 e. The maximum atomic E-state index is 12.1. The minimum absolute atomic E-state index is 0.0235. The summed E-state index contributed by atoms with van der Waals surface area (Å²) in [5, 5.41) is 3.20. The Hall–Kier alpha value is -2.08. The van der Waals surface area contributed by atoms with Crippen molar-refractivity contribution in [3.8, 4) is 0 Å². The Bertz CT molecular complexity index is 613. The molecule has 1 amide bonds. The summed E-state index contributed by atoms with van der Waals surface area (Å²) in [4.78, 5) is 20.5. The third kappa shape index (κ3) is 5.04. The third-order valence-electron chi connectivity index (χ3n) is 3.06. The SMILES string of the molecule is Cc1cc(N)nc(S[C@@H](C)C(=O)NCCc2ccccc2)n1. The summed E-state index contributed by atoms with van der Waals surface area (Å²) in [5.74, 6) is 0.399. The molecule has 1 atom stereocenters. The van der Waals surface area contributed by atoms with Crippen LogP contribution < -0.4 is 11.1 Å². The highest BCUT2D eigenvalue weighted by Gasteiger charge is 2.16. The van der Waals surface area contributed by atoms with Gasteiger partial charge in [-0.2, -0.15) is 0 Å². The van der Waals surface area contributed by atoms with Crippen molar-refractivity contribution in [2.75, 3.05) is 12.3 Å². The first kappa shape index (κ1) is 16.3. The quantitative estimate of drug-likeness (QED) is 0.631. The molecular formula is C16H20N4OS. The van der Waals surface area contributed by atoms with Gasteiger partial charge < -0.3 is 11.1 Å². The van der Waals surface area contributed by atoms with Gasteiger partial charge in [-0.25, -0.2) is 9.97 Å². The lowest BCUT2D eigenvalue weighted by molar-refractivity contribution is -0.120. The molecule has 0 saturated carbocycles. The summed E-state index contributed by atoms with van der Waals surface area (Å²) >= 11 is 1.31. The van der Waals surface area contributed by atoms with Crippen molar-refractivity contribution in [1.82, 2.24) is 15.3 Å². The normalized spacial score (nSPS) is 11.9. The van der Waals surface area contributed by atoms with Crippen molar-refractivity contribution in [3.63, 3.8) is 0 Å². The average molecular weight is 316 g/mol. The molecule has 2 aromatic rings. The first-order chi connectivity index (χ1) is 10.5. The first-order valence-electron chi connectivity index (χ1n) is 7.14. The third-order valence-corrected chi connectivity index (χ3v) is 4.02. The molecule has 0 aliphatic carbocycles. The number of anilines is 1. The van der Waals surface area contributed by atoms with Gasteiger partial charge in [-0.1, -0.05) is 42.1 Å². The molecule has 0 fully saturated rings. The van der Waals surface area contributed by atoms with E-state index in [2.05, 4.69) is 15.3 Å². The molecule has 6 heteroatoms. The Labute approximate surface area is 134 Å². The van der Waals surface area contributed by atoms with Gasteiger partial charge in [0.15, 0.2) is 5.16 Å². The molecule has 0 aliphatic heterocycles. The Morgan fingerprint density at radius 1 is 1.32 bits per heavy atom. The van der Waals surface area contributed by atoms with Crippen LogP contribution in [0.5, 0.6) is 0 Å². The van der Waals surface area contributed by atoms with Gasteiger partial charge in [0.1, 0.15) is 5.82 Å². The number of nitrogen functional groups attached to an aromatic ring is 1. The summed E-state index contributed by atoms with van der Waals surface area (Å²) in [6.45, 7) is 4.31. The number of nitrogens with zero attached hydrogens (tertiary/aromatic N) is 2. The van der Waals surface area contributed by atoms with Crippen molar-refractivity contribution >= 4 is 23.5 Å². The molecule has 0 unspecified atom stereocenters. The van der Waals surface area contributed by atoms with Crippen molar-refractivity contribution < 1.29 is 4.79 Å². The van der Waals surface area contributed by atoms with E-state index in [-0.39, 0.29) is 11.2 Å². The van der Waals surface area contributed by atoms with E-state index < -0.39 is 0 Å². The number of benzene rings is 1. The van der Waals surface area contributed by atoms with Crippen LogP contribution in [0.1, 0.15) is 18.2 Å². The fourth-order valence-electron chi connectivity index (χ4n) is 1.95. The van der Waals surface area contributed by atoms with Crippen LogP contribution in [0, 0.1) is 6.92 Å². The first-order valence-corrected chi connectivity index (χ1v) is 8.02. The van der Waals surface area contributed by atoms with Gasteiger partial charge in [-0.05, 0) is 25.8 Å². The monoisotopic (exact) mass is 316 g/mol. The molecule has 3 N–H and O–H groups in total. The van der Waals surface area contributed by atoms with Crippen LogP contribution >= 0.6 is 11.8 Å². The van der Waals surface area contributed by atoms with E-state index in [0.717, 1.165) is 12.1 Å². The van der Waals surface area contributed by atoms with Gasteiger partial charge >= 0.3 is 0 Å². The molecule has 0 spiro atoms. The van der Waals surface area contributed by atoms with Gasteiger partial charge in [0.25, 0.3) is 0 Å². The minimum atomic E-state index is -0.267. The topological polar surface area (TPSA) is 80.9 Å². The second-order valence-electron chi connectivity index (χ2n) is 5.00. The summed E-state index contributed by atoms with van der Waals surface area (Å²) in [6, 6.07) is 11.8. The molecule has 2 rings (SSSR count). The number of hydrogen-bond acceptors (Lipinski definition) is 5. The van der Waals surface area contributed by atoms with Gasteiger partial charge in [-0.15, -0.1) is 0 Å². The van der Waals surface area contributed by atoms with Crippen LogP contribution in [0.4, 0.5) is 5.82 Å². The van der Waals surface area contributed by atoms with Crippen molar-refractivity contribution in [2.45, 2.75) is 30.7 Å². The van der Waals surface area contributed by atoms with E-state index in [1.54, 1.807) is 6.07 Å². The molecular weight excluding hydrogens is 296 g/mol. The molecule has 0 aliphatic rings. The highest BCUT2D eigenvalue weighted by molar-refractivity contribution is 8.00. The predicted molar refractivity (Wildman–Crippen MR) is 89.7 cm³/mol. The molecule has 22 heavy (non-hydrogen) atoms. The number of nitrogens with one attached hydrogen (secondary N) is 1. The van der Waals surface area contributed by atoms with Gasteiger partial charge in [-0.3, -0.25) is 4.79 Å². The van der Waals surface area contributed by atoms with Crippen LogP contribution in [0.15, 0.2) is 41.6 Å². The maximum absolute atomic E-state index is 12.1. The lowest BCUT2D eigenvalue weighted by atomic mass is 10.1. The van der Waals surface area contributed by atoms with Crippen LogP contribution in [0.25, 0.3) is 0 Å². The summed E-state index contributed by atoms with van der Waals surface area (Å²) in [6.07, 6.45) is 0.817. The molecule has 0 radical (unpaired) electrons. The van der Waals surface area contributed by atoms with Gasteiger partial charge in [0.2, 0.25) is 5.91 Å². The van der Waals surface area contributed by atoms with Crippen molar-refractivity contribution in [3.05, 3.63) is 47.7 Å². The Morgan fingerprint density at radius 2 is 2.05 bits per heavy atom. The molecule has 0 bridgehead atoms. The average Bonchev–Trinajstić information content (AvgIpc) is 2.47. The van der Waals surface area contributed by atoms with Crippen LogP contribution in [-0.2, 0) is 11.2 Å². The van der Waals surface area contributed by atoms with E-state index in [1.165, 1.54) is 17.3 Å². The number of aryl methyl sites for hydroxylation is 1. The molecule has 1 aromatic carbocycles. The Kier molecular flexibility index (Phi) is 5.77. The lowest BCUT2D eigenvalue weighted by Crippen LogP contribution is -2.32. The molecule has 5 nitrogen and oxygen atoms in total. The predicted octanol–water partition coefficient (Wildman–Crippen LogP) is 2.21. The Morgan fingerprint density at radius 3 is 2.73 bits per heavy atom. The smallest absolute Gasteiger partial charge is 0.233 e. The zero-order chi connectivity index (χ0) is 15.9. The van der Waals surface area contributed by atoms with Crippen molar-refractivity contribution in [1.29, 1.82) is 0 Å². The summed E-state index contributed by atoms with van der Waals surface area (Å²) in [7, 11) is 0. The van der Waals surface area contributed by atoms with Crippen LogP contribution in [0.2, 0.25) is 0 Å². The fraction of sp³-hybridized carbons (Fsp3) is 0.312. The highest BCUT2D eigenvalue weighted by atomic mass is 32.2. The summed E-state index contributed by atoms with van der Waals surface area (Å²) in [5.41, 5.74) is 7.70. The fourth-order valence-corrected chi connectivity index (χ4v) is 2.81. The number of nitrogens with two attached hydrogens (primary N) is 1. The number of carbonyl (C=O) groups is 1. The molecule has 1 aromatic heterocycles. The number of amides is 1. The zero-order valence-corrected chi connectivity index (χ0v) is 13.6. The highest BCUT2D eigenvalue weighted by Crippen LogP contribution is 2.20. The van der Waals surface area contributed by atoms with E-state index >= 15 is 0 Å². The van der Waals surface area contributed by atoms with E-state index in [1.807, 2.05) is 44.2 Å². The van der Waals surface area contributed by atoms with E-state index in [9.17, 15) is 4.79 Å². The maximum Gasteiger partial charge on any atom is 0.233 e. The minimum Gasteiger partial charge on any atom is -0.384 e. The number of aromatic nitrogens is 2. The number of carbonyl (C=O) groups excluding carboxylic acids is 1. The second kappa shape index (κ2) is 7.79. The zero-order valence-electron chi connectivity index (χ0n) is 12.7. The van der Waals surface area contributed by atoms with E-state index in [4.69, 9.17) is 5.73 Å². The second-order valence-corrected chi connectivity index (χ2v) is 6.31. The van der Waals surface area contributed by atoms with Crippen LogP contribution in [0.3, 0.4) is 0 Å². The van der Waals surface area contributed by atoms with Gasteiger partial charge in [0.05, 0.1) is 5.25 Å². The van der Waals surface area contributed by atoms with Crippen LogP contribution in [-0.4, -0.2) is 27.7 Å². The Balaban J connectivity index is 1.81. The van der Waals surface area contributed by atoms with E-state index in [0.29, 0.717) is 17.5 Å².